The first-order valence-corrected chi connectivity index (χ1v) is 10.3. The largest absolute Gasteiger partial charge is 0.356 e. The smallest absolute Gasteiger partial charge is 0.227 e. The summed E-state index contributed by atoms with van der Waals surface area (Å²) in [5.74, 6) is 0.157. The molecule has 1 aliphatic rings. The van der Waals surface area contributed by atoms with Crippen LogP contribution in [0.4, 0.5) is 5.69 Å². The van der Waals surface area contributed by atoms with Crippen LogP contribution in [0.3, 0.4) is 0 Å². The number of anilines is 1. The number of hydrogen-bond acceptors (Lipinski definition) is 2. The first kappa shape index (κ1) is 20.4. The topological polar surface area (TPSA) is 58.2 Å². The lowest BCUT2D eigenvalue weighted by atomic mass is 9.81. The standard InChI is InChI=1S/C23H27ClN2O2/c1-16-2-12-21(13-3-16)26-23(28)19-8-6-18(7-9-19)22(27)25-15-14-17-4-10-20(24)11-5-17/h2-5,10-13,18-19H,6-9,14-15H2,1H3,(H,25,27)(H,26,28). The summed E-state index contributed by atoms with van der Waals surface area (Å²) in [6, 6.07) is 15.5. The third kappa shape index (κ3) is 5.83. The highest BCUT2D eigenvalue weighted by molar-refractivity contribution is 6.30. The van der Waals surface area contributed by atoms with Crippen LogP contribution in [-0.4, -0.2) is 18.4 Å². The number of amides is 2. The van der Waals surface area contributed by atoms with Crippen molar-refractivity contribution in [2.75, 3.05) is 11.9 Å². The van der Waals surface area contributed by atoms with Crippen LogP contribution in [0.15, 0.2) is 48.5 Å². The summed E-state index contributed by atoms with van der Waals surface area (Å²) in [5, 5.41) is 6.74. The molecule has 0 heterocycles. The van der Waals surface area contributed by atoms with Gasteiger partial charge < -0.3 is 10.6 Å². The van der Waals surface area contributed by atoms with Crippen molar-refractivity contribution in [2.45, 2.75) is 39.0 Å². The lowest BCUT2D eigenvalue weighted by Gasteiger charge is -2.27. The van der Waals surface area contributed by atoms with Crippen LogP contribution >= 0.6 is 11.6 Å². The van der Waals surface area contributed by atoms with Gasteiger partial charge in [0.2, 0.25) is 11.8 Å². The summed E-state index contributed by atoms with van der Waals surface area (Å²) in [6.45, 7) is 2.64. The van der Waals surface area contributed by atoms with Gasteiger partial charge in [0.1, 0.15) is 0 Å². The number of rotatable bonds is 6. The molecule has 0 aliphatic heterocycles. The number of carbonyl (C=O) groups is 2. The molecule has 2 amide bonds. The fourth-order valence-corrected chi connectivity index (χ4v) is 3.75. The van der Waals surface area contributed by atoms with Gasteiger partial charge in [-0.15, -0.1) is 0 Å². The van der Waals surface area contributed by atoms with Gasteiger partial charge in [-0.05, 0) is 68.9 Å². The molecule has 0 atom stereocenters. The van der Waals surface area contributed by atoms with E-state index < -0.39 is 0 Å². The van der Waals surface area contributed by atoms with E-state index in [2.05, 4.69) is 10.6 Å². The maximum Gasteiger partial charge on any atom is 0.227 e. The highest BCUT2D eigenvalue weighted by atomic mass is 35.5. The molecule has 148 valence electrons. The molecule has 0 aromatic heterocycles. The molecule has 4 nitrogen and oxygen atoms in total. The number of hydrogen-bond donors (Lipinski definition) is 2. The Balaban J connectivity index is 1.39. The molecule has 2 aromatic carbocycles. The van der Waals surface area contributed by atoms with E-state index in [1.54, 1.807) is 0 Å². The molecule has 0 bridgehead atoms. The van der Waals surface area contributed by atoms with Crippen molar-refractivity contribution in [3.63, 3.8) is 0 Å². The number of nitrogens with one attached hydrogen (secondary N) is 2. The van der Waals surface area contributed by atoms with Crippen molar-refractivity contribution in [3.8, 4) is 0 Å². The lowest BCUT2D eigenvalue weighted by Crippen LogP contribution is -2.36. The number of halogens is 1. The zero-order chi connectivity index (χ0) is 19.9. The maximum atomic E-state index is 12.5. The molecular weight excluding hydrogens is 372 g/mol. The van der Waals surface area contributed by atoms with E-state index in [-0.39, 0.29) is 23.7 Å². The second-order valence-corrected chi connectivity index (χ2v) is 8.01. The molecule has 1 aliphatic carbocycles. The van der Waals surface area contributed by atoms with Crippen LogP contribution in [-0.2, 0) is 16.0 Å². The van der Waals surface area contributed by atoms with Gasteiger partial charge in [0.15, 0.2) is 0 Å². The quantitative estimate of drug-likeness (QED) is 0.737. The van der Waals surface area contributed by atoms with E-state index in [0.717, 1.165) is 48.4 Å². The normalized spacial score (nSPS) is 19.1. The van der Waals surface area contributed by atoms with Crippen LogP contribution in [0.1, 0.15) is 36.8 Å². The van der Waals surface area contributed by atoms with Crippen molar-refractivity contribution in [1.82, 2.24) is 5.32 Å². The van der Waals surface area contributed by atoms with Gasteiger partial charge in [-0.3, -0.25) is 9.59 Å². The SMILES string of the molecule is Cc1ccc(NC(=O)C2CCC(C(=O)NCCc3ccc(Cl)cc3)CC2)cc1. The molecule has 3 rings (SSSR count). The lowest BCUT2D eigenvalue weighted by molar-refractivity contribution is -0.128. The predicted molar refractivity (Wildman–Crippen MR) is 113 cm³/mol. The van der Waals surface area contributed by atoms with Gasteiger partial charge in [-0.25, -0.2) is 0 Å². The second-order valence-electron chi connectivity index (χ2n) is 7.57. The predicted octanol–water partition coefficient (Wildman–Crippen LogP) is 4.75. The van der Waals surface area contributed by atoms with Gasteiger partial charge in [-0.2, -0.15) is 0 Å². The van der Waals surface area contributed by atoms with Crippen LogP contribution in [0.5, 0.6) is 0 Å². The Hall–Kier alpha value is -2.33. The van der Waals surface area contributed by atoms with Crippen LogP contribution in [0.2, 0.25) is 5.02 Å². The Bertz CT molecular complexity index is 794. The molecule has 0 spiro atoms. The third-order valence-electron chi connectivity index (χ3n) is 5.41. The molecule has 2 aromatic rings. The first-order chi connectivity index (χ1) is 13.5. The van der Waals surface area contributed by atoms with Gasteiger partial charge >= 0.3 is 0 Å². The Morgan fingerprint density at radius 2 is 1.46 bits per heavy atom. The Morgan fingerprint density at radius 3 is 2.07 bits per heavy atom. The zero-order valence-corrected chi connectivity index (χ0v) is 17.0. The van der Waals surface area contributed by atoms with E-state index >= 15 is 0 Å². The average molecular weight is 399 g/mol. The summed E-state index contributed by atoms with van der Waals surface area (Å²) in [5.41, 5.74) is 3.15. The van der Waals surface area contributed by atoms with Gasteiger partial charge in [-0.1, -0.05) is 41.4 Å². The van der Waals surface area contributed by atoms with Crippen LogP contribution in [0.25, 0.3) is 0 Å². The van der Waals surface area contributed by atoms with Crippen molar-refractivity contribution < 1.29 is 9.59 Å². The number of carbonyl (C=O) groups excluding carboxylic acids is 2. The van der Waals surface area contributed by atoms with Crippen LogP contribution in [0, 0.1) is 18.8 Å². The molecule has 0 unspecified atom stereocenters. The van der Waals surface area contributed by atoms with Crippen molar-refractivity contribution in [3.05, 3.63) is 64.7 Å². The van der Waals surface area contributed by atoms with Gasteiger partial charge in [0.25, 0.3) is 0 Å². The molecule has 28 heavy (non-hydrogen) atoms. The van der Waals surface area contributed by atoms with E-state index in [4.69, 9.17) is 11.6 Å². The number of aryl methyl sites for hydroxylation is 1. The third-order valence-corrected chi connectivity index (χ3v) is 5.67. The molecule has 0 saturated heterocycles. The minimum absolute atomic E-state index is 0.00800. The Kier molecular flexibility index (Phi) is 7.10. The van der Waals surface area contributed by atoms with E-state index in [0.29, 0.717) is 6.54 Å². The first-order valence-electron chi connectivity index (χ1n) is 9.91. The molecular formula is C23H27ClN2O2. The fraction of sp³-hybridized carbons (Fsp3) is 0.391. The Morgan fingerprint density at radius 1 is 0.893 bits per heavy atom. The van der Waals surface area contributed by atoms with E-state index in [1.807, 2.05) is 55.5 Å². The summed E-state index contributed by atoms with van der Waals surface area (Å²) in [7, 11) is 0. The second kappa shape index (κ2) is 9.74. The molecule has 1 fully saturated rings. The van der Waals surface area contributed by atoms with Crippen LogP contribution < -0.4 is 10.6 Å². The molecule has 1 saturated carbocycles. The maximum absolute atomic E-state index is 12.5. The van der Waals surface area contributed by atoms with Crippen molar-refractivity contribution in [2.24, 2.45) is 11.8 Å². The minimum Gasteiger partial charge on any atom is -0.356 e. The molecule has 5 heteroatoms. The van der Waals surface area contributed by atoms with Gasteiger partial charge in [0, 0.05) is 29.1 Å². The molecule has 2 N–H and O–H groups in total. The summed E-state index contributed by atoms with van der Waals surface area (Å²) in [4.78, 5) is 24.9. The molecule has 0 radical (unpaired) electrons. The average Bonchev–Trinajstić information content (AvgIpc) is 2.71. The van der Waals surface area contributed by atoms with Crippen molar-refractivity contribution >= 4 is 29.1 Å². The summed E-state index contributed by atoms with van der Waals surface area (Å²) >= 11 is 5.88. The van der Waals surface area contributed by atoms with E-state index in [9.17, 15) is 9.59 Å². The van der Waals surface area contributed by atoms with Gasteiger partial charge in [0.05, 0.1) is 0 Å². The monoisotopic (exact) mass is 398 g/mol. The summed E-state index contributed by atoms with van der Waals surface area (Å²) < 4.78 is 0. The fourth-order valence-electron chi connectivity index (χ4n) is 3.62. The summed E-state index contributed by atoms with van der Waals surface area (Å²) in [6.07, 6.45) is 3.83. The highest BCUT2D eigenvalue weighted by Crippen LogP contribution is 2.30. The van der Waals surface area contributed by atoms with Crippen molar-refractivity contribution in [1.29, 1.82) is 0 Å². The minimum atomic E-state index is -0.0144. The number of benzene rings is 2. The Labute approximate surface area is 171 Å². The zero-order valence-electron chi connectivity index (χ0n) is 16.2. The van der Waals surface area contributed by atoms with E-state index in [1.165, 1.54) is 5.56 Å². The highest BCUT2D eigenvalue weighted by Gasteiger charge is 2.29.